The molecule has 2 atom stereocenters. The zero-order chi connectivity index (χ0) is 17.6. The second-order valence-electron chi connectivity index (χ2n) is 8.21. The predicted molar refractivity (Wildman–Crippen MR) is 100 cm³/mol. The molecule has 1 heterocycles. The van der Waals surface area contributed by atoms with Gasteiger partial charge in [-0.05, 0) is 60.4 Å². The van der Waals surface area contributed by atoms with E-state index >= 15 is 0 Å². The Bertz CT molecular complexity index is 794. The van der Waals surface area contributed by atoms with E-state index in [2.05, 4.69) is 36.4 Å². The zero-order valence-corrected chi connectivity index (χ0v) is 15.1. The van der Waals surface area contributed by atoms with Crippen LogP contribution in [0, 0.1) is 5.92 Å². The highest BCUT2D eigenvalue weighted by atomic mass is 16.7. The van der Waals surface area contributed by atoms with E-state index in [9.17, 15) is 5.11 Å². The van der Waals surface area contributed by atoms with Gasteiger partial charge in [0.1, 0.15) is 5.75 Å². The molecule has 0 amide bonds. The van der Waals surface area contributed by atoms with Crippen LogP contribution in [-0.4, -0.2) is 24.1 Å². The van der Waals surface area contributed by atoms with Crippen LogP contribution >= 0.6 is 0 Å². The van der Waals surface area contributed by atoms with E-state index in [1.807, 2.05) is 12.1 Å². The number of phenolic OH excluding ortho intramolecular Hbond substituents is 1. The summed E-state index contributed by atoms with van der Waals surface area (Å²) in [7, 11) is 0. The maximum Gasteiger partial charge on any atom is 0.168 e. The number of hydrogen-bond donors (Lipinski definition) is 1. The molecule has 1 spiro atoms. The molecule has 0 bridgehead atoms. The number of hydrogen-bond acceptors (Lipinski definition) is 3. The van der Waals surface area contributed by atoms with Crippen molar-refractivity contribution in [3.05, 3.63) is 65.2 Å². The molecule has 5 rings (SSSR count). The van der Waals surface area contributed by atoms with Crippen molar-refractivity contribution in [1.82, 2.24) is 0 Å². The van der Waals surface area contributed by atoms with Gasteiger partial charge in [0.05, 0.1) is 13.2 Å². The minimum Gasteiger partial charge on any atom is -0.508 e. The van der Waals surface area contributed by atoms with E-state index in [4.69, 9.17) is 9.47 Å². The molecule has 3 aliphatic rings. The molecule has 0 radical (unpaired) electrons. The van der Waals surface area contributed by atoms with Crippen molar-refractivity contribution in [2.24, 2.45) is 5.92 Å². The maximum absolute atomic E-state index is 9.99. The number of fused-ring (bicyclic) bond motifs is 3. The molecule has 2 aromatic rings. The van der Waals surface area contributed by atoms with Gasteiger partial charge in [-0.25, -0.2) is 0 Å². The molecule has 1 aliphatic heterocycles. The number of ether oxygens (including phenoxy) is 2. The largest absolute Gasteiger partial charge is 0.508 e. The van der Waals surface area contributed by atoms with Crippen molar-refractivity contribution in [3.8, 4) is 5.75 Å². The van der Waals surface area contributed by atoms with Crippen molar-refractivity contribution in [1.29, 1.82) is 0 Å². The van der Waals surface area contributed by atoms with E-state index in [0.29, 0.717) is 11.7 Å². The number of rotatable bonds is 2. The van der Waals surface area contributed by atoms with E-state index in [1.54, 1.807) is 0 Å². The summed E-state index contributed by atoms with van der Waals surface area (Å²) in [5.74, 6) is 0.581. The average molecular weight is 350 g/mol. The number of benzene rings is 2. The van der Waals surface area contributed by atoms with Gasteiger partial charge in [0.2, 0.25) is 0 Å². The Morgan fingerprint density at radius 2 is 1.81 bits per heavy atom. The smallest absolute Gasteiger partial charge is 0.168 e. The first-order chi connectivity index (χ1) is 12.7. The van der Waals surface area contributed by atoms with Gasteiger partial charge in [-0.2, -0.15) is 0 Å². The standard InChI is InChI=1S/C23H26O3/c24-20-8-9-21-18(14-20)6-7-19-16-23(25-12-13-26-23)11-10-22(19,21)15-17-4-2-1-3-5-17/h1-5,8-9,14,19,24H,6-7,10-13,15-16H2/t19-,22-/m0/s1. The Labute approximate surface area is 155 Å². The van der Waals surface area contributed by atoms with E-state index in [1.165, 1.54) is 16.7 Å². The first-order valence-corrected chi connectivity index (χ1v) is 9.83. The van der Waals surface area contributed by atoms with Crippen LogP contribution in [0.25, 0.3) is 0 Å². The lowest BCUT2D eigenvalue weighted by Gasteiger charge is -2.53. The Morgan fingerprint density at radius 3 is 2.62 bits per heavy atom. The number of phenols is 1. The molecule has 0 unspecified atom stereocenters. The molecule has 1 N–H and O–H groups in total. The minimum atomic E-state index is -0.348. The van der Waals surface area contributed by atoms with Crippen molar-refractivity contribution < 1.29 is 14.6 Å². The zero-order valence-electron chi connectivity index (χ0n) is 15.1. The highest BCUT2D eigenvalue weighted by Gasteiger charge is 2.54. The van der Waals surface area contributed by atoms with Gasteiger partial charge in [-0.3, -0.25) is 0 Å². The van der Waals surface area contributed by atoms with Crippen molar-refractivity contribution in [2.75, 3.05) is 13.2 Å². The molecule has 2 fully saturated rings. The quantitative estimate of drug-likeness (QED) is 0.874. The summed E-state index contributed by atoms with van der Waals surface area (Å²) < 4.78 is 12.1. The van der Waals surface area contributed by atoms with Gasteiger partial charge < -0.3 is 14.6 Å². The molecule has 1 saturated carbocycles. The van der Waals surface area contributed by atoms with Crippen LogP contribution in [0.1, 0.15) is 42.4 Å². The molecule has 3 heteroatoms. The first-order valence-electron chi connectivity index (χ1n) is 9.83. The fourth-order valence-corrected chi connectivity index (χ4v) is 5.67. The van der Waals surface area contributed by atoms with Crippen LogP contribution in [0.5, 0.6) is 5.75 Å². The summed E-state index contributed by atoms with van der Waals surface area (Å²) in [6, 6.07) is 16.9. The summed E-state index contributed by atoms with van der Waals surface area (Å²) in [6.07, 6.45) is 6.23. The number of aromatic hydroxyl groups is 1. The summed E-state index contributed by atoms with van der Waals surface area (Å²) in [6.45, 7) is 1.45. The lowest BCUT2D eigenvalue weighted by atomic mass is 9.54. The molecule has 3 nitrogen and oxygen atoms in total. The molecular formula is C23H26O3. The predicted octanol–water partition coefficient (Wildman–Crippen LogP) is 4.36. The summed E-state index contributed by atoms with van der Waals surface area (Å²) in [4.78, 5) is 0. The third kappa shape index (κ3) is 2.57. The second-order valence-corrected chi connectivity index (χ2v) is 8.21. The third-order valence-electron chi connectivity index (χ3n) is 6.85. The van der Waals surface area contributed by atoms with Crippen LogP contribution in [0.3, 0.4) is 0 Å². The molecule has 0 aromatic heterocycles. The third-order valence-corrected chi connectivity index (χ3v) is 6.85. The van der Waals surface area contributed by atoms with Crippen LogP contribution in [0.2, 0.25) is 0 Å². The molecule has 2 aromatic carbocycles. The van der Waals surface area contributed by atoms with Gasteiger partial charge in [-0.1, -0.05) is 36.4 Å². The van der Waals surface area contributed by atoms with Crippen LogP contribution in [0.15, 0.2) is 48.5 Å². The van der Waals surface area contributed by atoms with Crippen LogP contribution in [0.4, 0.5) is 0 Å². The fraction of sp³-hybridized carbons (Fsp3) is 0.478. The van der Waals surface area contributed by atoms with Crippen molar-refractivity contribution in [2.45, 2.75) is 49.7 Å². The topological polar surface area (TPSA) is 38.7 Å². The van der Waals surface area contributed by atoms with Gasteiger partial charge in [0.25, 0.3) is 0 Å². The highest BCUT2D eigenvalue weighted by Crippen LogP contribution is 2.56. The Morgan fingerprint density at radius 1 is 1.00 bits per heavy atom. The summed E-state index contributed by atoms with van der Waals surface area (Å²) in [5, 5.41) is 9.99. The summed E-state index contributed by atoms with van der Waals surface area (Å²) >= 11 is 0. The Kier molecular flexibility index (Phi) is 3.84. The molecule has 1 saturated heterocycles. The molecule has 26 heavy (non-hydrogen) atoms. The molecule has 2 aliphatic carbocycles. The lowest BCUT2D eigenvalue weighted by molar-refractivity contribution is -0.200. The monoisotopic (exact) mass is 350 g/mol. The Balaban J connectivity index is 1.58. The normalized spacial score (nSPS) is 29.3. The Hall–Kier alpha value is -1.84. The van der Waals surface area contributed by atoms with Crippen LogP contribution < -0.4 is 0 Å². The fourth-order valence-electron chi connectivity index (χ4n) is 5.67. The second kappa shape index (κ2) is 6.11. The molecule has 136 valence electrons. The van der Waals surface area contributed by atoms with Crippen LogP contribution in [-0.2, 0) is 27.7 Å². The maximum atomic E-state index is 9.99. The van der Waals surface area contributed by atoms with E-state index in [0.717, 1.165) is 51.7 Å². The SMILES string of the molecule is Oc1ccc2c(c1)CC[C@H]1CC3(CC[C@@]21Cc1ccccc1)OCCO3. The summed E-state index contributed by atoms with van der Waals surface area (Å²) in [5.41, 5.74) is 4.26. The van der Waals surface area contributed by atoms with Gasteiger partial charge in [0, 0.05) is 18.3 Å². The van der Waals surface area contributed by atoms with E-state index in [-0.39, 0.29) is 11.2 Å². The van der Waals surface area contributed by atoms with Gasteiger partial charge in [-0.15, -0.1) is 0 Å². The lowest BCUT2D eigenvalue weighted by Crippen LogP contribution is -2.51. The minimum absolute atomic E-state index is 0.114. The van der Waals surface area contributed by atoms with Crippen molar-refractivity contribution in [3.63, 3.8) is 0 Å². The van der Waals surface area contributed by atoms with Crippen molar-refractivity contribution >= 4 is 0 Å². The highest BCUT2D eigenvalue weighted by molar-refractivity contribution is 5.44. The first kappa shape index (κ1) is 16.3. The molecular weight excluding hydrogens is 324 g/mol. The number of aryl methyl sites for hydroxylation is 1. The van der Waals surface area contributed by atoms with E-state index < -0.39 is 0 Å². The van der Waals surface area contributed by atoms with Gasteiger partial charge >= 0.3 is 0 Å². The average Bonchev–Trinajstić information content (AvgIpc) is 3.11. The van der Waals surface area contributed by atoms with Gasteiger partial charge in [0.15, 0.2) is 5.79 Å².